The molecule has 1 aliphatic carbocycles. The molecule has 2 heterocycles. The summed E-state index contributed by atoms with van der Waals surface area (Å²) in [6.45, 7) is 8.74. The lowest BCUT2D eigenvalue weighted by Crippen LogP contribution is -2.23. The second-order valence-corrected chi connectivity index (χ2v) is 8.12. The molecule has 0 saturated carbocycles. The number of rotatable bonds is 5. The Morgan fingerprint density at radius 1 is 1.55 bits per heavy atom. The van der Waals surface area contributed by atoms with Crippen molar-refractivity contribution in [2.24, 2.45) is 5.92 Å². The molecule has 1 atom stereocenters. The van der Waals surface area contributed by atoms with Crippen molar-refractivity contribution in [2.75, 3.05) is 5.75 Å². The molecule has 0 aromatic carbocycles. The standard InChI is InChI=1S/C17H22N2OS2/c1-4-8-19-16(20)14-12-10-11(3)6-7-13(12)22-15(14)18-17(19)21-9-5-2/h4,11H,1,5-10H2,2-3H3. The van der Waals surface area contributed by atoms with E-state index in [4.69, 9.17) is 4.98 Å². The minimum absolute atomic E-state index is 0.120. The van der Waals surface area contributed by atoms with Gasteiger partial charge in [0.15, 0.2) is 5.16 Å². The van der Waals surface area contributed by atoms with E-state index in [9.17, 15) is 4.79 Å². The zero-order valence-electron chi connectivity index (χ0n) is 13.2. The maximum Gasteiger partial charge on any atom is 0.263 e. The number of aryl methyl sites for hydroxylation is 1. The average molecular weight is 335 g/mol. The number of allylic oxidation sites excluding steroid dienone is 1. The summed E-state index contributed by atoms with van der Waals surface area (Å²) in [7, 11) is 0. The van der Waals surface area contributed by atoms with E-state index in [0.717, 1.165) is 40.4 Å². The summed E-state index contributed by atoms with van der Waals surface area (Å²) in [4.78, 5) is 20.1. The van der Waals surface area contributed by atoms with E-state index < -0.39 is 0 Å². The van der Waals surface area contributed by atoms with Crippen LogP contribution < -0.4 is 5.56 Å². The van der Waals surface area contributed by atoms with Gasteiger partial charge in [-0.05, 0) is 37.2 Å². The van der Waals surface area contributed by atoms with Gasteiger partial charge in [0.25, 0.3) is 5.56 Å². The molecule has 0 aliphatic heterocycles. The van der Waals surface area contributed by atoms with Crippen molar-refractivity contribution in [3.05, 3.63) is 33.4 Å². The first kappa shape index (κ1) is 15.8. The van der Waals surface area contributed by atoms with Gasteiger partial charge in [-0.15, -0.1) is 17.9 Å². The van der Waals surface area contributed by atoms with E-state index in [2.05, 4.69) is 20.4 Å². The van der Waals surface area contributed by atoms with Crippen molar-refractivity contribution in [2.45, 2.75) is 51.2 Å². The molecule has 0 N–H and O–H groups in total. The van der Waals surface area contributed by atoms with Crippen LogP contribution in [-0.2, 0) is 19.4 Å². The van der Waals surface area contributed by atoms with Crippen LogP contribution >= 0.6 is 23.1 Å². The fraction of sp³-hybridized carbons (Fsp3) is 0.529. The lowest BCUT2D eigenvalue weighted by atomic mass is 9.89. The van der Waals surface area contributed by atoms with Gasteiger partial charge in [0.1, 0.15) is 4.83 Å². The molecule has 0 bridgehead atoms. The van der Waals surface area contributed by atoms with E-state index in [1.807, 2.05) is 0 Å². The lowest BCUT2D eigenvalue weighted by Gasteiger charge is -2.18. The van der Waals surface area contributed by atoms with Crippen LogP contribution in [0, 0.1) is 5.92 Å². The van der Waals surface area contributed by atoms with Crippen LogP contribution in [-0.4, -0.2) is 15.3 Å². The van der Waals surface area contributed by atoms with Crippen LogP contribution in [0.2, 0.25) is 0 Å². The minimum atomic E-state index is 0.120. The Kier molecular flexibility index (Phi) is 4.73. The van der Waals surface area contributed by atoms with E-state index in [1.54, 1.807) is 33.7 Å². The molecule has 2 aromatic heterocycles. The van der Waals surface area contributed by atoms with Gasteiger partial charge >= 0.3 is 0 Å². The largest absolute Gasteiger partial charge is 0.283 e. The van der Waals surface area contributed by atoms with Crippen molar-refractivity contribution in [1.82, 2.24) is 9.55 Å². The third-order valence-corrected chi connectivity index (χ3v) is 6.49. The van der Waals surface area contributed by atoms with Crippen molar-refractivity contribution >= 4 is 33.3 Å². The monoisotopic (exact) mass is 334 g/mol. The summed E-state index contributed by atoms with van der Waals surface area (Å²) in [6.07, 6.45) is 6.19. The Morgan fingerprint density at radius 3 is 3.09 bits per heavy atom. The molecule has 118 valence electrons. The van der Waals surface area contributed by atoms with Crippen LogP contribution in [0.15, 0.2) is 22.6 Å². The highest BCUT2D eigenvalue weighted by Gasteiger charge is 2.24. The molecular weight excluding hydrogens is 312 g/mol. The number of nitrogens with zero attached hydrogens (tertiary/aromatic N) is 2. The fourth-order valence-corrected chi connectivity index (χ4v) is 5.13. The second-order valence-electron chi connectivity index (χ2n) is 5.98. The average Bonchev–Trinajstić information content (AvgIpc) is 2.86. The summed E-state index contributed by atoms with van der Waals surface area (Å²) in [5.74, 6) is 1.64. The number of aromatic nitrogens is 2. The van der Waals surface area contributed by atoms with E-state index in [-0.39, 0.29) is 5.56 Å². The lowest BCUT2D eigenvalue weighted by molar-refractivity contribution is 0.508. The number of fused-ring (bicyclic) bond motifs is 3. The van der Waals surface area contributed by atoms with Crippen molar-refractivity contribution in [3.63, 3.8) is 0 Å². The number of thioether (sulfide) groups is 1. The smallest absolute Gasteiger partial charge is 0.263 e. The van der Waals surface area contributed by atoms with Gasteiger partial charge < -0.3 is 0 Å². The van der Waals surface area contributed by atoms with Crippen LogP contribution in [0.5, 0.6) is 0 Å². The Balaban J connectivity index is 2.20. The number of hydrogen-bond acceptors (Lipinski definition) is 4. The first-order valence-electron chi connectivity index (χ1n) is 7.94. The first-order valence-corrected chi connectivity index (χ1v) is 9.74. The van der Waals surface area contributed by atoms with Gasteiger partial charge in [0.05, 0.1) is 5.39 Å². The van der Waals surface area contributed by atoms with Gasteiger partial charge in [-0.3, -0.25) is 9.36 Å². The summed E-state index contributed by atoms with van der Waals surface area (Å²) >= 11 is 3.40. The third kappa shape index (κ3) is 2.76. The SMILES string of the molecule is C=CCn1c(SCCC)nc2sc3c(c2c1=O)CC(C)CC3. The van der Waals surface area contributed by atoms with Crippen LogP contribution in [0.4, 0.5) is 0 Å². The molecular formula is C17H22N2OS2. The molecule has 0 spiro atoms. The number of thiophene rings is 1. The van der Waals surface area contributed by atoms with Crippen molar-refractivity contribution in [1.29, 1.82) is 0 Å². The molecule has 3 nitrogen and oxygen atoms in total. The first-order chi connectivity index (χ1) is 10.7. The molecule has 2 aromatic rings. The van der Waals surface area contributed by atoms with Gasteiger partial charge in [-0.25, -0.2) is 4.98 Å². The summed E-state index contributed by atoms with van der Waals surface area (Å²) < 4.78 is 1.79. The predicted octanol–water partition coefficient (Wildman–Crippen LogP) is 4.27. The molecule has 0 amide bonds. The highest BCUT2D eigenvalue weighted by Crippen LogP contribution is 2.36. The highest BCUT2D eigenvalue weighted by atomic mass is 32.2. The van der Waals surface area contributed by atoms with Crippen molar-refractivity contribution in [3.8, 4) is 0 Å². The zero-order chi connectivity index (χ0) is 15.7. The molecule has 0 saturated heterocycles. The van der Waals surface area contributed by atoms with Gasteiger partial charge in [-0.2, -0.15) is 0 Å². The molecule has 1 unspecified atom stereocenters. The zero-order valence-corrected chi connectivity index (χ0v) is 14.9. The Morgan fingerprint density at radius 2 is 2.36 bits per heavy atom. The molecule has 22 heavy (non-hydrogen) atoms. The maximum absolute atomic E-state index is 13.0. The normalized spacial score (nSPS) is 17.6. The van der Waals surface area contributed by atoms with Gasteiger partial charge in [0.2, 0.25) is 0 Å². The second kappa shape index (κ2) is 6.59. The van der Waals surface area contributed by atoms with Gasteiger partial charge in [0, 0.05) is 17.2 Å². The van der Waals surface area contributed by atoms with Crippen LogP contribution in [0.3, 0.4) is 0 Å². The predicted molar refractivity (Wildman–Crippen MR) is 96.3 cm³/mol. The van der Waals surface area contributed by atoms with Crippen molar-refractivity contribution < 1.29 is 0 Å². The van der Waals surface area contributed by atoms with E-state index >= 15 is 0 Å². The highest BCUT2D eigenvalue weighted by molar-refractivity contribution is 7.99. The van der Waals surface area contributed by atoms with Crippen LogP contribution in [0.25, 0.3) is 10.2 Å². The molecule has 3 rings (SSSR count). The molecule has 5 heteroatoms. The fourth-order valence-electron chi connectivity index (χ4n) is 3.01. The topological polar surface area (TPSA) is 34.9 Å². The number of hydrogen-bond donors (Lipinski definition) is 0. The van der Waals surface area contributed by atoms with Gasteiger partial charge in [-0.1, -0.05) is 31.7 Å². The summed E-state index contributed by atoms with van der Waals surface area (Å²) in [6, 6.07) is 0. The van der Waals surface area contributed by atoms with E-state index in [0.29, 0.717) is 12.5 Å². The molecule has 1 aliphatic rings. The Hall–Kier alpha value is -1.07. The summed E-state index contributed by atoms with van der Waals surface area (Å²) in [5, 5.41) is 1.71. The summed E-state index contributed by atoms with van der Waals surface area (Å²) in [5.41, 5.74) is 1.39. The minimum Gasteiger partial charge on any atom is -0.283 e. The third-order valence-electron chi connectivity index (χ3n) is 4.12. The molecule has 0 fully saturated rings. The molecule has 0 radical (unpaired) electrons. The quantitative estimate of drug-likeness (QED) is 0.465. The van der Waals surface area contributed by atoms with Crippen LogP contribution in [0.1, 0.15) is 37.1 Å². The Bertz CT molecular complexity index is 760. The van der Waals surface area contributed by atoms with E-state index in [1.165, 1.54) is 16.9 Å². The Labute approximate surface area is 139 Å². The maximum atomic E-state index is 13.0.